The summed E-state index contributed by atoms with van der Waals surface area (Å²) in [4.78, 5) is 18.9. The number of anilines is 1. The van der Waals surface area contributed by atoms with Crippen molar-refractivity contribution in [2.24, 2.45) is 5.11 Å². The first kappa shape index (κ1) is 13.4. The molecular formula is C11H17N7O. The standard InChI is InChI=1S/C11H17N7O/c1-16-4-6-17(7-5-16)10-8-11(19)18(14-9-10)3-2-13-15-12/h8-9H,2-7H2,1H3. The quantitative estimate of drug-likeness (QED) is 0.444. The van der Waals surface area contributed by atoms with Crippen LogP contribution in [0.25, 0.3) is 10.4 Å². The van der Waals surface area contributed by atoms with E-state index < -0.39 is 0 Å². The van der Waals surface area contributed by atoms with Crippen molar-refractivity contribution in [2.75, 3.05) is 44.7 Å². The van der Waals surface area contributed by atoms with E-state index in [9.17, 15) is 4.79 Å². The molecule has 0 unspecified atom stereocenters. The molecule has 0 radical (unpaired) electrons. The highest BCUT2D eigenvalue weighted by atomic mass is 16.1. The molecule has 1 aliphatic heterocycles. The van der Waals surface area contributed by atoms with Crippen LogP contribution >= 0.6 is 0 Å². The third kappa shape index (κ3) is 3.46. The van der Waals surface area contributed by atoms with Crippen molar-refractivity contribution in [1.29, 1.82) is 0 Å². The zero-order valence-electron chi connectivity index (χ0n) is 10.9. The van der Waals surface area contributed by atoms with Crippen LogP contribution in [-0.4, -0.2) is 54.5 Å². The summed E-state index contributed by atoms with van der Waals surface area (Å²) in [6.45, 7) is 4.32. The number of rotatable bonds is 4. The van der Waals surface area contributed by atoms with Crippen LogP contribution < -0.4 is 10.5 Å². The van der Waals surface area contributed by atoms with E-state index in [4.69, 9.17) is 5.53 Å². The second-order valence-electron chi connectivity index (χ2n) is 4.52. The van der Waals surface area contributed by atoms with Gasteiger partial charge in [-0.2, -0.15) is 5.10 Å². The van der Waals surface area contributed by atoms with Crippen molar-refractivity contribution in [3.05, 3.63) is 33.1 Å². The second-order valence-corrected chi connectivity index (χ2v) is 4.52. The number of hydrogen-bond acceptors (Lipinski definition) is 5. The minimum Gasteiger partial charge on any atom is -0.368 e. The molecule has 0 amide bonds. The molecule has 8 nitrogen and oxygen atoms in total. The Morgan fingerprint density at radius 1 is 1.42 bits per heavy atom. The van der Waals surface area contributed by atoms with Crippen molar-refractivity contribution in [3.63, 3.8) is 0 Å². The first-order valence-corrected chi connectivity index (χ1v) is 6.22. The lowest BCUT2D eigenvalue weighted by molar-refractivity contribution is 0.312. The summed E-state index contributed by atoms with van der Waals surface area (Å²) >= 11 is 0. The molecule has 19 heavy (non-hydrogen) atoms. The lowest BCUT2D eigenvalue weighted by Crippen LogP contribution is -2.45. The Labute approximate surface area is 110 Å². The fourth-order valence-corrected chi connectivity index (χ4v) is 2.01. The maximum atomic E-state index is 11.9. The number of piperazine rings is 1. The Hall–Kier alpha value is -2.05. The number of aromatic nitrogens is 2. The molecule has 0 saturated carbocycles. The van der Waals surface area contributed by atoms with Gasteiger partial charge in [-0.1, -0.05) is 5.11 Å². The number of azide groups is 1. The third-order valence-corrected chi connectivity index (χ3v) is 3.20. The average Bonchev–Trinajstić information content (AvgIpc) is 2.42. The van der Waals surface area contributed by atoms with Crippen LogP contribution in [0.2, 0.25) is 0 Å². The van der Waals surface area contributed by atoms with Gasteiger partial charge in [0.15, 0.2) is 0 Å². The summed E-state index contributed by atoms with van der Waals surface area (Å²) in [5.41, 5.74) is 8.89. The van der Waals surface area contributed by atoms with Crippen LogP contribution in [0.1, 0.15) is 0 Å². The molecule has 0 bridgehead atoms. The van der Waals surface area contributed by atoms with Gasteiger partial charge >= 0.3 is 0 Å². The molecule has 0 spiro atoms. The zero-order valence-corrected chi connectivity index (χ0v) is 10.9. The van der Waals surface area contributed by atoms with Gasteiger partial charge in [-0.25, -0.2) is 4.68 Å². The highest BCUT2D eigenvalue weighted by Crippen LogP contribution is 2.11. The van der Waals surface area contributed by atoms with E-state index in [1.54, 1.807) is 12.3 Å². The minimum atomic E-state index is -0.162. The predicted molar refractivity (Wildman–Crippen MR) is 72.2 cm³/mol. The molecule has 1 aromatic heterocycles. The molecule has 1 saturated heterocycles. The van der Waals surface area contributed by atoms with Crippen molar-refractivity contribution >= 4 is 5.69 Å². The van der Waals surface area contributed by atoms with Crippen LogP contribution in [0.5, 0.6) is 0 Å². The molecule has 0 atom stereocenters. The highest BCUT2D eigenvalue weighted by Gasteiger charge is 2.15. The Balaban J connectivity index is 2.06. The van der Waals surface area contributed by atoms with E-state index in [1.807, 2.05) is 0 Å². The van der Waals surface area contributed by atoms with E-state index in [-0.39, 0.29) is 12.1 Å². The van der Waals surface area contributed by atoms with Crippen molar-refractivity contribution in [3.8, 4) is 0 Å². The van der Waals surface area contributed by atoms with Crippen LogP contribution in [-0.2, 0) is 6.54 Å². The maximum Gasteiger partial charge on any atom is 0.268 e. The molecular weight excluding hydrogens is 246 g/mol. The molecule has 0 aliphatic carbocycles. The summed E-state index contributed by atoms with van der Waals surface area (Å²) in [5.74, 6) is 0. The average molecular weight is 263 g/mol. The normalized spacial score (nSPS) is 16.2. The summed E-state index contributed by atoms with van der Waals surface area (Å²) in [6, 6.07) is 1.59. The van der Waals surface area contributed by atoms with Gasteiger partial charge < -0.3 is 9.80 Å². The van der Waals surface area contributed by atoms with E-state index in [0.29, 0.717) is 6.54 Å². The molecule has 1 aliphatic rings. The molecule has 102 valence electrons. The fourth-order valence-electron chi connectivity index (χ4n) is 2.01. The smallest absolute Gasteiger partial charge is 0.268 e. The van der Waals surface area contributed by atoms with Crippen LogP contribution in [0.3, 0.4) is 0 Å². The monoisotopic (exact) mass is 263 g/mol. The van der Waals surface area contributed by atoms with E-state index in [1.165, 1.54) is 4.68 Å². The summed E-state index contributed by atoms with van der Waals surface area (Å²) < 4.78 is 1.31. The Kier molecular flexibility index (Phi) is 4.38. The maximum absolute atomic E-state index is 11.9. The van der Waals surface area contributed by atoms with Gasteiger partial charge in [0.05, 0.1) is 18.4 Å². The van der Waals surface area contributed by atoms with E-state index >= 15 is 0 Å². The van der Waals surface area contributed by atoms with E-state index in [0.717, 1.165) is 31.9 Å². The first-order valence-electron chi connectivity index (χ1n) is 6.22. The van der Waals surface area contributed by atoms with Crippen LogP contribution in [0, 0.1) is 0 Å². The number of likely N-dealkylation sites (N-methyl/N-ethyl adjacent to an activating group) is 1. The lowest BCUT2D eigenvalue weighted by atomic mass is 10.3. The van der Waals surface area contributed by atoms with E-state index in [2.05, 4.69) is 32.0 Å². The summed E-state index contributed by atoms with van der Waals surface area (Å²) in [5, 5.41) is 7.50. The van der Waals surface area contributed by atoms with Crippen molar-refractivity contribution in [2.45, 2.75) is 6.54 Å². The summed E-state index contributed by atoms with van der Waals surface area (Å²) in [6.07, 6.45) is 1.70. The largest absolute Gasteiger partial charge is 0.368 e. The Morgan fingerprint density at radius 2 is 2.16 bits per heavy atom. The first-order chi connectivity index (χ1) is 9.20. The molecule has 0 aromatic carbocycles. The fraction of sp³-hybridized carbons (Fsp3) is 0.636. The molecule has 2 rings (SSSR count). The number of nitrogens with zero attached hydrogens (tertiary/aromatic N) is 7. The van der Waals surface area contributed by atoms with Crippen molar-refractivity contribution < 1.29 is 0 Å². The van der Waals surface area contributed by atoms with Crippen LogP contribution in [0.4, 0.5) is 5.69 Å². The Morgan fingerprint density at radius 3 is 2.79 bits per heavy atom. The Bertz CT molecular complexity index is 526. The predicted octanol–water partition coefficient (Wildman–Crippen LogP) is 0.305. The van der Waals surface area contributed by atoms with Crippen molar-refractivity contribution in [1.82, 2.24) is 14.7 Å². The highest BCUT2D eigenvalue weighted by molar-refractivity contribution is 5.43. The van der Waals surface area contributed by atoms with Gasteiger partial charge in [-0.15, -0.1) is 0 Å². The molecule has 1 aromatic rings. The topological polar surface area (TPSA) is 90.1 Å². The zero-order chi connectivity index (χ0) is 13.7. The molecule has 8 heteroatoms. The van der Waals surface area contributed by atoms with Crippen LogP contribution in [0.15, 0.2) is 22.2 Å². The van der Waals surface area contributed by atoms with Gasteiger partial charge in [0.1, 0.15) is 0 Å². The molecule has 0 N–H and O–H groups in total. The number of hydrogen-bond donors (Lipinski definition) is 0. The SMILES string of the molecule is CN1CCN(c2cnn(CCN=[N+]=[N-])c(=O)c2)CC1. The van der Waals surface area contributed by atoms with Gasteiger partial charge in [-0.05, 0) is 12.6 Å². The van der Waals surface area contributed by atoms with Gasteiger partial charge in [0, 0.05) is 43.7 Å². The second kappa shape index (κ2) is 6.21. The van der Waals surface area contributed by atoms with Gasteiger partial charge in [-0.3, -0.25) is 4.79 Å². The lowest BCUT2D eigenvalue weighted by Gasteiger charge is -2.33. The summed E-state index contributed by atoms with van der Waals surface area (Å²) in [7, 11) is 2.09. The van der Waals surface area contributed by atoms with Gasteiger partial charge in [0.25, 0.3) is 5.56 Å². The molecule has 2 heterocycles. The van der Waals surface area contributed by atoms with Gasteiger partial charge in [0.2, 0.25) is 0 Å². The third-order valence-electron chi connectivity index (χ3n) is 3.20. The molecule has 1 fully saturated rings. The minimum absolute atomic E-state index is 0.162.